The first-order chi connectivity index (χ1) is 12.0. The minimum atomic E-state index is -1.99. The summed E-state index contributed by atoms with van der Waals surface area (Å²) in [5.74, 6) is 0.121. The van der Waals surface area contributed by atoms with Gasteiger partial charge < -0.3 is 24.8 Å². The first-order valence-electron chi connectivity index (χ1n) is 7.91. The van der Waals surface area contributed by atoms with Crippen molar-refractivity contribution in [2.24, 2.45) is 0 Å². The van der Waals surface area contributed by atoms with Crippen LogP contribution in [-0.4, -0.2) is 41.9 Å². The number of rotatable bonds is 8. The van der Waals surface area contributed by atoms with Gasteiger partial charge in [-0.05, 0) is 24.0 Å². The molecule has 3 N–H and O–H groups in total. The lowest BCUT2D eigenvalue weighted by molar-refractivity contribution is 0.0948. The van der Waals surface area contributed by atoms with Crippen molar-refractivity contribution in [2.75, 3.05) is 13.7 Å². The van der Waals surface area contributed by atoms with Crippen molar-refractivity contribution >= 4 is 13.2 Å². The zero-order valence-corrected chi connectivity index (χ0v) is 14.2. The molecule has 0 saturated carbocycles. The maximum atomic E-state index is 12.4. The number of carbonyl (C=O) groups excluding carboxylic acids is 1. The van der Waals surface area contributed by atoms with E-state index in [1.54, 1.807) is 0 Å². The smallest absolute Gasteiger partial charge is 0.511 e. The van der Waals surface area contributed by atoms with E-state index < -0.39 is 7.32 Å². The second kappa shape index (κ2) is 9.05. The van der Waals surface area contributed by atoms with Crippen molar-refractivity contribution in [1.82, 2.24) is 10.3 Å². The van der Waals surface area contributed by atoms with Gasteiger partial charge in [0, 0.05) is 6.54 Å². The van der Waals surface area contributed by atoms with Crippen molar-refractivity contribution in [3.05, 3.63) is 53.7 Å². The molecule has 1 heterocycles. The summed E-state index contributed by atoms with van der Waals surface area (Å²) in [6, 6.07) is 11.4. The van der Waals surface area contributed by atoms with E-state index in [4.69, 9.17) is 19.4 Å². The summed E-state index contributed by atoms with van der Waals surface area (Å²) in [6.45, 7) is 2.58. The third-order valence-electron chi connectivity index (χ3n) is 3.74. The molecular formula is C17H21BN2O5. The number of ether oxygens (including phenoxy) is 1. The highest BCUT2D eigenvalue weighted by atomic mass is 16.6. The maximum absolute atomic E-state index is 12.4. The minimum Gasteiger partial charge on any atom is -0.511 e. The van der Waals surface area contributed by atoms with E-state index in [9.17, 15) is 4.79 Å². The highest BCUT2D eigenvalue weighted by Crippen LogP contribution is 2.21. The van der Waals surface area contributed by atoms with Gasteiger partial charge in [0.15, 0.2) is 0 Å². The van der Waals surface area contributed by atoms with Crippen LogP contribution in [-0.2, 0) is 0 Å². The highest BCUT2D eigenvalue weighted by molar-refractivity contribution is 6.33. The molecule has 25 heavy (non-hydrogen) atoms. The van der Waals surface area contributed by atoms with Crippen molar-refractivity contribution < 1.29 is 24.2 Å². The highest BCUT2D eigenvalue weighted by Gasteiger charge is 2.18. The third kappa shape index (κ3) is 5.48. The van der Waals surface area contributed by atoms with Crippen LogP contribution in [0.3, 0.4) is 0 Å². The number of benzene rings is 1. The molecule has 8 heteroatoms. The van der Waals surface area contributed by atoms with E-state index in [2.05, 4.69) is 29.4 Å². The van der Waals surface area contributed by atoms with Gasteiger partial charge in [0.05, 0.1) is 13.3 Å². The summed E-state index contributed by atoms with van der Waals surface area (Å²) in [7, 11) is -0.587. The Kier molecular flexibility index (Phi) is 6.79. The molecule has 1 unspecified atom stereocenters. The summed E-state index contributed by atoms with van der Waals surface area (Å²) >= 11 is 0. The van der Waals surface area contributed by atoms with Gasteiger partial charge in [0.1, 0.15) is 11.3 Å². The van der Waals surface area contributed by atoms with E-state index in [0.717, 1.165) is 6.42 Å². The summed E-state index contributed by atoms with van der Waals surface area (Å²) < 4.78 is 9.79. The van der Waals surface area contributed by atoms with Crippen LogP contribution in [0.1, 0.15) is 35.2 Å². The van der Waals surface area contributed by atoms with Crippen LogP contribution in [0.15, 0.2) is 42.6 Å². The molecule has 2 aromatic rings. The van der Waals surface area contributed by atoms with Gasteiger partial charge in [0.2, 0.25) is 5.88 Å². The van der Waals surface area contributed by atoms with Gasteiger partial charge in [-0.15, -0.1) is 0 Å². The molecule has 1 amide bonds. The number of methoxy groups -OCH3 is 1. The Labute approximate surface area is 146 Å². The molecule has 0 aliphatic rings. The first kappa shape index (κ1) is 18.8. The average Bonchev–Trinajstić information content (AvgIpc) is 2.61. The fourth-order valence-electron chi connectivity index (χ4n) is 2.39. The average molecular weight is 344 g/mol. The predicted molar refractivity (Wildman–Crippen MR) is 93.4 cm³/mol. The normalized spacial score (nSPS) is 11.5. The molecule has 1 atom stereocenters. The summed E-state index contributed by atoms with van der Waals surface area (Å²) in [6.07, 6.45) is 2.02. The van der Waals surface area contributed by atoms with E-state index >= 15 is 0 Å². The van der Waals surface area contributed by atoms with E-state index in [1.807, 2.05) is 18.2 Å². The largest absolute Gasteiger partial charge is 0.707 e. The molecule has 1 aromatic carbocycles. The molecule has 0 bridgehead atoms. The number of aromatic nitrogens is 1. The van der Waals surface area contributed by atoms with Gasteiger partial charge in [0.25, 0.3) is 5.91 Å². The number of nitrogens with zero attached hydrogens (tertiary/aromatic N) is 1. The number of pyridine rings is 1. The molecule has 1 aromatic heterocycles. The fourth-order valence-corrected chi connectivity index (χ4v) is 2.39. The Morgan fingerprint density at radius 2 is 2.04 bits per heavy atom. The second-order valence-electron chi connectivity index (χ2n) is 5.53. The molecule has 0 saturated heterocycles. The molecule has 132 valence electrons. The van der Waals surface area contributed by atoms with Gasteiger partial charge in [-0.3, -0.25) is 4.79 Å². The molecular weight excluding hydrogens is 323 g/mol. The van der Waals surface area contributed by atoms with Crippen molar-refractivity contribution in [1.29, 1.82) is 0 Å². The Hall–Kier alpha value is -2.58. The van der Waals surface area contributed by atoms with Crippen molar-refractivity contribution in [3.63, 3.8) is 0 Å². The number of nitrogens with one attached hydrogen (secondary N) is 1. The van der Waals surface area contributed by atoms with Crippen LogP contribution in [0.25, 0.3) is 0 Å². The lowest BCUT2D eigenvalue weighted by Gasteiger charge is -2.14. The second-order valence-corrected chi connectivity index (χ2v) is 5.53. The summed E-state index contributed by atoms with van der Waals surface area (Å²) in [5.41, 5.74) is 1.37. The molecule has 0 aliphatic carbocycles. The van der Waals surface area contributed by atoms with Crippen LogP contribution in [0, 0.1) is 0 Å². The topological polar surface area (TPSA) is 101 Å². The zero-order chi connectivity index (χ0) is 18.2. The maximum Gasteiger partial charge on any atom is 0.707 e. The molecule has 7 nitrogen and oxygen atoms in total. The number of hydrogen-bond acceptors (Lipinski definition) is 6. The molecule has 2 rings (SSSR count). The Morgan fingerprint density at radius 3 is 2.68 bits per heavy atom. The van der Waals surface area contributed by atoms with Gasteiger partial charge in [-0.25, -0.2) is 4.98 Å². The van der Waals surface area contributed by atoms with E-state index in [0.29, 0.717) is 12.5 Å². The first-order valence-corrected chi connectivity index (χ1v) is 7.91. The zero-order valence-electron chi connectivity index (χ0n) is 14.2. The van der Waals surface area contributed by atoms with Crippen molar-refractivity contribution in [2.45, 2.75) is 19.3 Å². The van der Waals surface area contributed by atoms with Crippen LogP contribution >= 0.6 is 0 Å². The van der Waals surface area contributed by atoms with Crippen LogP contribution in [0.2, 0.25) is 0 Å². The van der Waals surface area contributed by atoms with Crippen molar-refractivity contribution in [3.8, 4) is 11.6 Å². The molecule has 0 aliphatic heterocycles. The molecule has 0 radical (unpaired) electrons. The predicted octanol–water partition coefficient (Wildman–Crippen LogP) is 1.36. The standard InChI is InChI=1S/C17H21BN2O5/c1-12(13-6-4-3-5-7-13)8-9-19-16(21)15-10-14(25-18(22)23)11-20-17(15)24-2/h3-7,10-12,22-23H,8-9H2,1-2H3,(H,19,21). The quantitative estimate of drug-likeness (QED) is 0.625. The van der Waals surface area contributed by atoms with E-state index in [1.165, 1.54) is 24.9 Å². The lowest BCUT2D eigenvalue weighted by atomic mass is 9.98. The Balaban J connectivity index is 1.97. The third-order valence-corrected chi connectivity index (χ3v) is 3.74. The fraction of sp³-hybridized carbons (Fsp3) is 0.294. The molecule has 0 fully saturated rings. The Bertz CT molecular complexity index is 697. The lowest BCUT2D eigenvalue weighted by Crippen LogP contribution is -2.26. The Morgan fingerprint density at radius 1 is 1.32 bits per heavy atom. The van der Waals surface area contributed by atoms with Crippen LogP contribution < -0.4 is 14.7 Å². The van der Waals surface area contributed by atoms with Gasteiger partial charge >= 0.3 is 7.32 Å². The van der Waals surface area contributed by atoms with E-state index in [-0.39, 0.29) is 23.1 Å². The minimum absolute atomic E-state index is 0.0543. The number of carbonyl (C=O) groups is 1. The van der Waals surface area contributed by atoms with Crippen LogP contribution in [0.5, 0.6) is 11.6 Å². The SMILES string of the molecule is COc1ncc(OB(O)O)cc1C(=O)NCCC(C)c1ccccc1. The van der Waals surface area contributed by atoms with Gasteiger partial charge in [-0.1, -0.05) is 37.3 Å². The summed E-state index contributed by atoms with van der Waals surface area (Å²) in [4.78, 5) is 16.3. The number of amides is 1. The van der Waals surface area contributed by atoms with Gasteiger partial charge in [-0.2, -0.15) is 0 Å². The number of hydrogen-bond donors (Lipinski definition) is 3. The monoisotopic (exact) mass is 344 g/mol. The molecule has 0 spiro atoms. The summed E-state index contributed by atoms with van der Waals surface area (Å²) in [5, 5.41) is 20.5. The van der Waals surface area contributed by atoms with Crippen LogP contribution in [0.4, 0.5) is 0 Å².